The maximum atomic E-state index is 8.75. The van der Waals surface area contributed by atoms with Crippen molar-refractivity contribution in [2.24, 2.45) is 0 Å². The number of anilines is 2. The van der Waals surface area contributed by atoms with Gasteiger partial charge in [-0.05, 0) is 24.5 Å². The summed E-state index contributed by atoms with van der Waals surface area (Å²) in [5.41, 5.74) is 7.61. The Morgan fingerprint density at radius 1 is 1.57 bits per heavy atom. The molecular formula is C10H13N3S. The molecule has 0 aliphatic heterocycles. The average Bonchev–Trinajstić information content (AvgIpc) is 2.21. The van der Waals surface area contributed by atoms with E-state index in [1.54, 1.807) is 23.9 Å². The summed E-state index contributed by atoms with van der Waals surface area (Å²) < 4.78 is 0. The summed E-state index contributed by atoms with van der Waals surface area (Å²) in [5, 5.41) is 12.0. The molecule has 0 aliphatic rings. The molecule has 0 saturated carbocycles. The topological polar surface area (TPSA) is 61.8 Å². The van der Waals surface area contributed by atoms with Gasteiger partial charge in [0.25, 0.3) is 0 Å². The molecule has 0 saturated heterocycles. The van der Waals surface area contributed by atoms with E-state index in [-0.39, 0.29) is 0 Å². The zero-order chi connectivity index (χ0) is 10.4. The Labute approximate surface area is 88.3 Å². The van der Waals surface area contributed by atoms with Gasteiger partial charge in [0.15, 0.2) is 0 Å². The molecule has 3 N–H and O–H groups in total. The highest BCUT2D eigenvalue weighted by molar-refractivity contribution is 7.98. The SMILES string of the molecule is CSCCNc1ccc(N)c(C#N)c1. The van der Waals surface area contributed by atoms with Crippen molar-refractivity contribution in [3.8, 4) is 6.07 Å². The van der Waals surface area contributed by atoms with Gasteiger partial charge in [0.1, 0.15) is 6.07 Å². The molecule has 1 aromatic carbocycles. The molecule has 0 radical (unpaired) electrons. The summed E-state index contributed by atoms with van der Waals surface area (Å²) in [4.78, 5) is 0. The zero-order valence-electron chi connectivity index (χ0n) is 8.08. The van der Waals surface area contributed by atoms with Crippen LogP contribution in [0.1, 0.15) is 5.56 Å². The van der Waals surface area contributed by atoms with Crippen molar-refractivity contribution < 1.29 is 0 Å². The molecule has 0 atom stereocenters. The Morgan fingerprint density at radius 3 is 3.00 bits per heavy atom. The van der Waals surface area contributed by atoms with E-state index < -0.39 is 0 Å². The van der Waals surface area contributed by atoms with Crippen molar-refractivity contribution in [2.45, 2.75) is 0 Å². The maximum Gasteiger partial charge on any atom is 0.101 e. The third-order valence-corrected chi connectivity index (χ3v) is 2.42. The number of thioether (sulfide) groups is 1. The Morgan fingerprint density at radius 2 is 2.36 bits per heavy atom. The van der Waals surface area contributed by atoms with Gasteiger partial charge in [-0.15, -0.1) is 0 Å². The van der Waals surface area contributed by atoms with Crippen LogP contribution in [0, 0.1) is 11.3 Å². The van der Waals surface area contributed by atoms with E-state index >= 15 is 0 Å². The summed E-state index contributed by atoms with van der Waals surface area (Å²) in [7, 11) is 0. The second-order valence-electron chi connectivity index (χ2n) is 2.83. The predicted molar refractivity (Wildman–Crippen MR) is 62.4 cm³/mol. The summed E-state index contributed by atoms with van der Waals surface area (Å²) in [6.45, 7) is 0.899. The van der Waals surface area contributed by atoms with Gasteiger partial charge in [0, 0.05) is 23.7 Å². The number of nitriles is 1. The van der Waals surface area contributed by atoms with Gasteiger partial charge in [-0.1, -0.05) is 0 Å². The molecule has 0 bridgehead atoms. The van der Waals surface area contributed by atoms with Crippen molar-refractivity contribution in [1.29, 1.82) is 5.26 Å². The standard InChI is InChI=1S/C10H13N3S/c1-14-5-4-13-9-2-3-10(12)8(6-9)7-11/h2-3,6,13H,4-5,12H2,1H3. The quantitative estimate of drug-likeness (QED) is 0.585. The second-order valence-corrected chi connectivity index (χ2v) is 3.82. The molecule has 0 unspecified atom stereocenters. The van der Waals surface area contributed by atoms with Gasteiger partial charge in [0.2, 0.25) is 0 Å². The molecule has 0 heterocycles. The average molecular weight is 207 g/mol. The van der Waals surface area contributed by atoms with Crippen LogP contribution in [0.25, 0.3) is 0 Å². The fraction of sp³-hybridized carbons (Fsp3) is 0.300. The third kappa shape index (κ3) is 2.86. The Bertz CT molecular complexity index is 344. The van der Waals surface area contributed by atoms with Crippen molar-refractivity contribution in [3.63, 3.8) is 0 Å². The molecule has 0 aromatic heterocycles. The minimum absolute atomic E-state index is 0.527. The highest BCUT2D eigenvalue weighted by Gasteiger charge is 1.98. The lowest BCUT2D eigenvalue weighted by molar-refractivity contribution is 1.23. The number of nitrogens with zero attached hydrogens (tertiary/aromatic N) is 1. The highest BCUT2D eigenvalue weighted by atomic mass is 32.2. The maximum absolute atomic E-state index is 8.75. The number of nitrogens with two attached hydrogens (primary N) is 1. The van der Waals surface area contributed by atoms with Crippen LogP contribution in [0.4, 0.5) is 11.4 Å². The van der Waals surface area contributed by atoms with Crippen LogP contribution in [0.5, 0.6) is 0 Å². The lowest BCUT2D eigenvalue weighted by atomic mass is 10.2. The minimum Gasteiger partial charge on any atom is -0.398 e. The van der Waals surface area contributed by atoms with Gasteiger partial charge in [-0.2, -0.15) is 17.0 Å². The second kappa shape index (κ2) is 5.40. The molecule has 3 nitrogen and oxygen atoms in total. The first-order chi connectivity index (χ1) is 6.77. The Balaban J connectivity index is 2.66. The van der Waals surface area contributed by atoms with E-state index in [1.807, 2.05) is 6.07 Å². The molecule has 1 aromatic rings. The lowest BCUT2D eigenvalue weighted by Gasteiger charge is -2.06. The molecule has 0 spiro atoms. The Hall–Kier alpha value is -1.34. The zero-order valence-corrected chi connectivity index (χ0v) is 8.90. The molecule has 4 heteroatoms. The molecule has 0 fully saturated rings. The van der Waals surface area contributed by atoms with Gasteiger partial charge in [-0.25, -0.2) is 0 Å². The molecular weight excluding hydrogens is 194 g/mol. The molecule has 0 aliphatic carbocycles. The number of hydrogen-bond acceptors (Lipinski definition) is 4. The summed E-state index contributed by atoms with van der Waals surface area (Å²) in [5.74, 6) is 1.05. The first-order valence-corrected chi connectivity index (χ1v) is 5.69. The number of nitrogens with one attached hydrogen (secondary N) is 1. The van der Waals surface area contributed by atoms with Crippen LogP contribution >= 0.6 is 11.8 Å². The van der Waals surface area contributed by atoms with Crippen molar-refractivity contribution in [1.82, 2.24) is 0 Å². The monoisotopic (exact) mass is 207 g/mol. The van der Waals surface area contributed by atoms with E-state index in [1.165, 1.54) is 0 Å². The smallest absolute Gasteiger partial charge is 0.101 e. The van der Waals surface area contributed by atoms with E-state index in [4.69, 9.17) is 11.0 Å². The van der Waals surface area contributed by atoms with Crippen LogP contribution in [0.2, 0.25) is 0 Å². The first kappa shape index (κ1) is 10.7. The van der Waals surface area contributed by atoms with Crippen LogP contribution < -0.4 is 11.1 Å². The molecule has 14 heavy (non-hydrogen) atoms. The number of hydrogen-bond donors (Lipinski definition) is 2. The first-order valence-electron chi connectivity index (χ1n) is 4.30. The fourth-order valence-electron chi connectivity index (χ4n) is 1.06. The Kier molecular flexibility index (Phi) is 4.14. The van der Waals surface area contributed by atoms with Gasteiger partial charge in [0.05, 0.1) is 5.56 Å². The highest BCUT2D eigenvalue weighted by Crippen LogP contribution is 2.16. The van der Waals surface area contributed by atoms with E-state index in [2.05, 4.69) is 17.6 Å². The van der Waals surface area contributed by atoms with Gasteiger partial charge in [-0.3, -0.25) is 0 Å². The van der Waals surface area contributed by atoms with Crippen molar-refractivity contribution >= 4 is 23.1 Å². The largest absolute Gasteiger partial charge is 0.398 e. The minimum atomic E-state index is 0.527. The van der Waals surface area contributed by atoms with Crippen molar-refractivity contribution in [3.05, 3.63) is 23.8 Å². The predicted octanol–water partition coefficient (Wildman–Crippen LogP) is 1.92. The van der Waals surface area contributed by atoms with Crippen LogP contribution in [-0.2, 0) is 0 Å². The molecule has 1 rings (SSSR count). The summed E-state index contributed by atoms with van der Waals surface area (Å²) in [6.07, 6.45) is 2.06. The van der Waals surface area contributed by atoms with Crippen LogP contribution in [0.3, 0.4) is 0 Å². The van der Waals surface area contributed by atoms with Gasteiger partial charge >= 0.3 is 0 Å². The fourth-order valence-corrected chi connectivity index (χ4v) is 1.37. The molecule has 74 valence electrons. The van der Waals surface area contributed by atoms with E-state index in [0.29, 0.717) is 11.3 Å². The number of nitrogen functional groups attached to an aromatic ring is 1. The van der Waals surface area contributed by atoms with Gasteiger partial charge < -0.3 is 11.1 Å². The lowest BCUT2D eigenvalue weighted by Crippen LogP contribution is -2.04. The summed E-state index contributed by atoms with van der Waals surface area (Å²) in [6, 6.07) is 7.46. The van der Waals surface area contributed by atoms with Crippen LogP contribution in [-0.4, -0.2) is 18.6 Å². The normalized spacial score (nSPS) is 9.43. The molecule has 0 amide bonds. The number of rotatable bonds is 4. The van der Waals surface area contributed by atoms with E-state index in [0.717, 1.165) is 18.0 Å². The summed E-state index contributed by atoms with van der Waals surface area (Å²) >= 11 is 1.78. The van der Waals surface area contributed by atoms with E-state index in [9.17, 15) is 0 Å². The van der Waals surface area contributed by atoms with Crippen LogP contribution in [0.15, 0.2) is 18.2 Å². The third-order valence-electron chi connectivity index (χ3n) is 1.81. The number of benzene rings is 1. The van der Waals surface area contributed by atoms with Crippen molar-refractivity contribution in [2.75, 3.05) is 29.6 Å².